The predicted octanol–water partition coefficient (Wildman–Crippen LogP) is 3.23. The number of aromatic amines is 1. The van der Waals surface area contributed by atoms with Gasteiger partial charge in [-0.3, -0.25) is 4.79 Å². The van der Waals surface area contributed by atoms with Crippen LogP contribution < -0.4 is 10.1 Å². The summed E-state index contributed by atoms with van der Waals surface area (Å²) in [6, 6.07) is 13.8. The summed E-state index contributed by atoms with van der Waals surface area (Å²) in [7, 11) is 1.62. The van der Waals surface area contributed by atoms with Crippen LogP contribution in [0.1, 0.15) is 11.1 Å². The van der Waals surface area contributed by atoms with Crippen molar-refractivity contribution in [3.8, 4) is 5.75 Å². The van der Waals surface area contributed by atoms with Crippen molar-refractivity contribution in [2.24, 2.45) is 0 Å². The van der Waals surface area contributed by atoms with Crippen molar-refractivity contribution in [3.05, 3.63) is 53.6 Å². The summed E-state index contributed by atoms with van der Waals surface area (Å²) in [4.78, 5) is 19.8. The smallest absolute Gasteiger partial charge is 0.230 e. The fourth-order valence-electron chi connectivity index (χ4n) is 2.81. The Hall–Kier alpha value is -3.13. The van der Waals surface area contributed by atoms with E-state index < -0.39 is 0 Å². The van der Waals surface area contributed by atoms with E-state index in [1.165, 1.54) is 17.3 Å². The first-order valence-corrected chi connectivity index (χ1v) is 9.76. The van der Waals surface area contributed by atoms with Crippen molar-refractivity contribution in [3.63, 3.8) is 0 Å². The molecule has 142 valence electrons. The van der Waals surface area contributed by atoms with Gasteiger partial charge in [0.05, 0.1) is 12.9 Å². The predicted molar refractivity (Wildman–Crippen MR) is 109 cm³/mol. The number of H-pyrrole nitrogens is 1. The highest BCUT2D eigenvalue weighted by Gasteiger charge is 2.11. The van der Waals surface area contributed by atoms with Gasteiger partial charge in [-0.1, -0.05) is 41.6 Å². The molecule has 0 atom stereocenters. The maximum absolute atomic E-state index is 12.1. The highest BCUT2D eigenvalue weighted by Crippen LogP contribution is 2.27. The number of hydrogen-bond donors (Lipinski definition) is 2. The van der Waals surface area contributed by atoms with Crippen LogP contribution in [0, 0.1) is 6.92 Å². The topological polar surface area (TPSA) is 92.8 Å². The molecule has 1 amide bonds. The first kappa shape index (κ1) is 18.2. The number of carbonyl (C=O) groups excluding carboxylic acids is 1. The molecule has 0 saturated heterocycles. The molecule has 0 aliphatic heterocycles. The van der Waals surface area contributed by atoms with Crippen LogP contribution >= 0.6 is 11.8 Å². The van der Waals surface area contributed by atoms with Crippen LogP contribution in [0.2, 0.25) is 0 Å². The molecule has 0 aliphatic carbocycles. The van der Waals surface area contributed by atoms with Crippen molar-refractivity contribution < 1.29 is 9.53 Å². The fraction of sp³-hybridized carbons (Fsp3) is 0.200. The van der Waals surface area contributed by atoms with Crippen LogP contribution in [0.15, 0.2) is 47.6 Å². The minimum absolute atomic E-state index is 0.0735. The van der Waals surface area contributed by atoms with E-state index >= 15 is 0 Å². The van der Waals surface area contributed by atoms with Crippen LogP contribution in [0.3, 0.4) is 0 Å². The summed E-state index contributed by atoms with van der Waals surface area (Å²) >= 11 is 1.26. The largest absolute Gasteiger partial charge is 0.497 e. The van der Waals surface area contributed by atoms with Gasteiger partial charge in [0.2, 0.25) is 11.1 Å². The average molecular weight is 393 g/mol. The van der Waals surface area contributed by atoms with E-state index in [0.29, 0.717) is 22.9 Å². The number of benzene rings is 2. The van der Waals surface area contributed by atoms with Crippen molar-refractivity contribution >= 4 is 39.7 Å². The minimum Gasteiger partial charge on any atom is -0.497 e. The number of methoxy groups -OCH3 is 1. The van der Waals surface area contributed by atoms with Gasteiger partial charge in [0.1, 0.15) is 11.3 Å². The number of carbonyl (C=O) groups is 1. The normalized spacial score (nSPS) is 11.1. The van der Waals surface area contributed by atoms with Crippen molar-refractivity contribution in [1.82, 2.24) is 25.5 Å². The molecule has 2 N–H and O–H groups in total. The molecule has 28 heavy (non-hydrogen) atoms. The zero-order chi connectivity index (χ0) is 19.5. The molecule has 2 heterocycles. The Morgan fingerprint density at radius 2 is 2.00 bits per heavy atom. The summed E-state index contributed by atoms with van der Waals surface area (Å²) in [5.41, 5.74) is 4.50. The van der Waals surface area contributed by atoms with E-state index in [1.54, 1.807) is 7.11 Å². The summed E-state index contributed by atoms with van der Waals surface area (Å²) in [5, 5.41) is 12.7. The van der Waals surface area contributed by atoms with Crippen molar-refractivity contribution in [2.45, 2.75) is 18.6 Å². The summed E-state index contributed by atoms with van der Waals surface area (Å²) in [5.74, 6) is 0.905. The number of ether oxygens (including phenoxy) is 1. The van der Waals surface area contributed by atoms with Crippen LogP contribution in [0.4, 0.5) is 0 Å². The van der Waals surface area contributed by atoms with Gasteiger partial charge in [-0.2, -0.15) is 0 Å². The molecule has 0 unspecified atom stereocenters. The van der Waals surface area contributed by atoms with E-state index in [1.807, 2.05) is 49.4 Å². The number of nitrogens with zero attached hydrogens (tertiary/aromatic N) is 3. The van der Waals surface area contributed by atoms with E-state index in [0.717, 1.165) is 22.2 Å². The van der Waals surface area contributed by atoms with Crippen LogP contribution in [-0.2, 0) is 11.3 Å². The second kappa shape index (κ2) is 7.85. The molecule has 0 aliphatic rings. The molecular weight excluding hydrogens is 374 g/mol. The lowest BCUT2D eigenvalue weighted by Crippen LogP contribution is -2.24. The van der Waals surface area contributed by atoms with Crippen LogP contribution in [-0.4, -0.2) is 38.9 Å². The van der Waals surface area contributed by atoms with Gasteiger partial charge < -0.3 is 15.0 Å². The SMILES string of the molecule is COc1ccc2[nH]c3nc(SCC(=O)NCc4ccc(C)cc4)nnc3c2c1. The van der Waals surface area contributed by atoms with E-state index in [9.17, 15) is 4.79 Å². The van der Waals surface area contributed by atoms with Gasteiger partial charge in [0, 0.05) is 17.4 Å². The lowest BCUT2D eigenvalue weighted by atomic mass is 10.1. The van der Waals surface area contributed by atoms with Crippen molar-refractivity contribution in [2.75, 3.05) is 12.9 Å². The van der Waals surface area contributed by atoms with Crippen LogP contribution in [0.25, 0.3) is 22.1 Å². The van der Waals surface area contributed by atoms with E-state index in [4.69, 9.17) is 4.74 Å². The average Bonchev–Trinajstić information content (AvgIpc) is 3.08. The molecule has 2 aromatic heterocycles. The zero-order valence-corrected chi connectivity index (χ0v) is 16.3. The maximum atomic E-state index is 12.1. The first-order valence-electron chi connectivity index (χ1n) is 8.77. The van der Waals surface area contributed by atoms with Gasteiger partial charge >= 0.3 is 0 Å². The molecule has 0 saturated carbocycles. The number of aromatic nitrogens is 4. The zero-order valence-electron chi connectivity index (χ0n) is 15.5. The number of amides is 1. The highest BCUT2D eigenvalue weighted by molar-refractivity contribution is 7.99. The lowest BCUT2D eigenvalue weighted by molar-refractivity contribution is -0.118. The van der Waals surface area contributed by atoms with Gasteiger partial charge in [-0.25, -0.2) is 4.98 Å². The number of rotatable bonds is 6. The molecule has 7 nitrogen and oxygen atoms in total. The molecule has 0 radical (unpaired) electrons. The van der Waals surface area contributed by atoms with Gasteiger partial charge in [0.25, 0.3) is 0 Å². The molecule has 4 rings (SSSR count). The Morgan fingerprint density at radius 1 is 1.18 bits per heavy atom. The van der Waals surface area contributed by atoms with Crippen molar-refractivity contribution in [1.29, 1.82) is 0 Å². The molecular formula is C20H19N5O2S. The summed E-state index contributed by atoms with van der Waals surface area (Å²) < 4.78 is 5.26. The third-order valence-corrected chi connectivity index (χ3v) is 5.18. The molecule has 2 aromatic carbocycles. The number of thioether (sulfide) groups is 1. The Balaban J connectivity index is 1.41. The van der Waals surface area contributed by atoms with Gasteiger partial charge in [-0.05, 0) is 30.7 Å². The first-order chi connectivity index (χ1) is 13.6. The highest BCUT2D eigenvalue weighted by atomic mass is 32.2. The third-order valence-electron chi connectivity index (χ3n) is 4.34. The van der Waals surface area contributed by atoms with Crippen LogP contribution in [0.5, 0.6) is 5.75 Å². The third kappa shape index (κ3) is 3.91. The maximum Gasteiger partial charge on any atom is 0.230 e. The molecule has 0 spiro atoms. The lowest BCUT2D eigenvalue weighted by Gasteiger charge is -2.05. The Kier molecular flexibility index (Phi) is 5.12. The molecule has 0 fully saturated rings. The number of hydrogen-bond acceptors (Lipinski definition) is 6. The number of aryl methyl sites for hydroxylation is 1. The molecule has 4 aromatic rings. The summed E-state index contributed by atoms with van der Waals surface area (Å²) in [6.45, 7) is 2.54. The Morgan fingerprint density at radius 3 is 2.79 bits per heavy atom. The van der Waals surface area contributed by atoms with E-state index in [2.05, 4.69) is 25.5 Å². The fourth-order valence-corrected chi connectivity index (χ4v) is 3.43. The quantitative estimate of drug-likeness (QED) is 0.489. The second-order valence-electron chi connectivity index (χ2n) is 6.38. The standard InChI is InChI=1S/C20H19N5O2S/c1-12-3-5-13(6-4-12)10-21-17(26)11-28-20-23-19-18(24-25-20)15-9-14(27-2)7-8-16(15)22-19/h3-9H,10-11H2,1-2H3,(H,21,26)(H,22,23,25). The van der Waals surface area contributed by atoms with E-state index in [-0.39, 0.29) is 11.7 Å². The second-order valence-corrected chi connectivity index (χ2v) is 7.32. The Labute approximate surface area is 165 Å². The summed E-state index contributed by atoms with van der Waals surface area (Å²) in [6.07, 6.45) is 0. The monoisotopic (exact) mass is 393 g/mol. The number of fused-ring (bicyclic) bond motifs is 3. The van der Waals surface area contributed by atoms with Gasteiger partial charge in [-0.15, -0.1) is 10.2 Å². The molecule has 8 heteroatoms. The number of nitrogens with one attached hydrogen (secondary N) is 2. The Bertz CT molecular complexity index is 1140. The molecule has 0 bridgehead atoms. The minimum atomic E-state index is -0.0735. The van der Waals surface area contributed by atoms with Gasteiger partial charge in [0.15, 0.2) is 5.65 Å².